The zero-order chi connectivity index (χ0) is 21.8. The summed E-state index contributed by atoms with van der Waals surface area (Å²) < 4.78 is 5.40. The first-order valence-electron chi connectivity index (χ1n) is 10.9. The van der Waals surface area contributed by atoms with Gasteiger partial charge in [-0.1, -0.05) is 53.2 Å². The molecule has 4 rings (SSSR count). The van der Waals surface area contributed by atoms with Crippen LogP contribution in [0.2, 0.25) is 0 Å². The zero-order valence-corrected chi connectivity index (χ0v) is 18.5. The number of nitrogens with zero attached hydrogens (tertiary/aromatic N) is 4. The summed E-state index contributed by atoms with van der Waals surface area (Å²) in [5, 5.41) is 4.08. The van der Waals surface area contributed by atoms with Gasteiger partial charge in [0, 0.05) is 25.1 Å². The van der Waals surface area contributed by atoms with Gasteiger partial charge in [0.2, 0.25) is 17.6 Å². The van der Waals surface area contributed by atoms with E-state index in [0.29, 0.717) is 18.3 Å². The van der Waals surface area contributed by atoms with Crippen molar-refractivity contribution in [2.45, 2.75) is 39.8 Å². The number of hydrogen-bond acceptors (Lipinski definition) is 5. The molecule has 0 aliphatic carbocycles. The number of piperidine rings is 1. The van der Waals surface area contributed by atoms with Crippen LogP contribution in [0.3, 0.4) is 0 Å². The molecule has 0 bridgehead atoms. The van der Waals surface area contributed by atoms with E-state index >= 15 is 0 Å². The highest BCUT2D eigenvalue weighted by Crippen LogP contribution is 2.23. The largest absolute Gasteiger partial charge is 0.337 e. The number of carbonyl (C=O) groups excluding carboxylic acids is 1. The van der Waals surface area contributed by atoms with Crippen LogP contribution in [-0.4, -0.2) is 46.0 Å². The molecule has 1 aromatic heterocycles. The Bertz CT molecular complexity index is 1040. The van der Waals surface area contributed by atoms with Gasteiger partial charge < -0.3 is 9.42 Å². The molecule has 2 heterocycles. The number of rotatable bonds is 6. The molecule has 1 saturated heterocycles. The second kappa shape index (κ2) is 9.43. The van der Waals surface area contributed by atoms with Gasteiger partial charge in [-0.25, -0.2) is 0 Å². The lowest BCUT2D eigenvalue weighted by Gasteiger charge is -2.33. The van der Waals surface area contributed by atoms with E-state index in [4.69, 9.17) is 4.52 Å². The summed E-state index contributed by atoms with van der Waals surface area (Å²) in [5.74, 6) is 1.23. The second-order valence-electron chi connectivity index (χ2n) is 8.55. The summed E-state index contributed by atoms with van der Waals surface area (Å²) >= 11 is 0. The van der Waals surface area contributed by atoms with Gasteiger partial charge in [0.15, 0.2) is 0 Å². The third-order valence-electron chi connectivity index (χ3n) is 6.09. The lowest BCUT2D eigenvalue weighted by molar-refractivity contribution is -0.136. The highest BCUT2D eigenvalue weighted by Gasteiger charge is 2.28. The molecule has 1 amide bonds. The molecule has 0 spiro atoms. The van der Waals surface area contributed by atoms with Gasteiger partial charge in [-0.2, -0.15) is 4.98 Å². The van der Waals surface area contributed by atoms with Crippen molar-refractivity contribution < 1.29 is 9.32 Å². The number of aromatic nitrogens is 2. The molecule has 31 heavy (non-hydrogen) atoms. The van der Waals surface area contributed by atoms with Crippen LogP contribution in [-0.2, 0) is 17.9 Å². The molecule has 0 unspecified atom stereocenters. The maximum atomic E-state index is 13.0. The van der Waals surface area contributed by atoms with Crippen molar-refractivity contribution in [3.05, 3.63) is 71.1 Å². The summed E-state index contributed by atoms with van der Waals surface area (Å²) in [6, 6.07) is 16.5. The van der Waals surface area contributed by atoms with Crippen molar-refractivity contribution >= 4 is 5.91 Å². The molecular formula is C25H30N4O2. The van der Waals surface area contributed by atoms with Gasteiger partial charge in [0.25, 0.3) is 0 Å². The van der Waals surface area contributed by atoms with Crippen molar-refractivity contribution in [2.75, 3.05) is 20.1 Å². The predicted molar refractivity (Wildman–Crippen MR) is 120 cm³/mol. The molecule has 6 heteroatoms. The highest BCUT2D eigenvalue weighted by molar-refractivity contribution is 5.78. The summed E-state index contributed by atoms with van der Waals surface area (Å²) in [4.78, 5) is 21.6. The Morgan fingerprint density at radius 1 is 1.13 bits per heavy atom. The van der Waals surface area contributed by atoms with Crippen molar-refractivity contribution in [3.63, 3.8) is 0 Å². The molecule has 0 radical (unpaired) electrons. The minimum atomic E-state index is 0.0530. The molecule has 162 valence electrons. The third kappa shape index (κ3) is 5.20. The first-order valence-corrected chi connectivity index (χ1v) is 10.9. The molecule has 0 N–H and O–H groups in total. The maximum absolute atomic E-state index is 13.0. The standard InChI is InChI=1S/C25H30N4O2/c1-18-7-6-10-21(15-18)24-26-23(31-27-24)17-28(3)25(30)20-11-13-29(14-12-20)16-22-9-5-4-8-19(22)2/h4-10,15,20H,11-14,16-17H2,1-3H3. The van der Waals surface area contributed by atoms with Crippen molar-refractivity contribution in [2.24, 2.45) is 5.92 Å². The fourth-order valence-electron chi connectivity index (χ4n) is 4.18. The Labute approximate surface area is 183 Å². The third-order valence-corrected chi connectivity index (χ3v) is 6.09. The van der Waals surface area contributed by atoms with Crippen LogP contribution >= 0.6 is 0 Å². The monoisotopic (exact) mass is 418 g/mol. The minimum absolute atomic E-state index is 0.0530. The van der Waals surface area contributed by atoms with E-state index < -0.39 is 0 Å². The molecule has 0 atom stereocenters. The van der Waals surface area contributed by atoms with Gasteiger partial charge in [-0.15, -0.1) is 0 Å². The summed E-state index contributed by atoms with van der Waals surface area (Å²) in [6.45, 7) is 7.35. The molecule has 3 aromatic rings. The van der Waals surface area contributed by atoms with Crippen molar-refractivity contribution in [1.82, 2.24) is 19.9 Å². The first-order chi connectivity index (χ1) is 15.0. The number of likely N-dealkylation sites (tertiary alicyclic amines) is 1. The van der Waals surface area contributed by atoms with Crippen LogP contribution in [0.25, 0.3) is 11.4 Å². The minimum Gasteiger partial charge on any atom is -0.337 e. The van der Waals surface area contributed by atoms with Crippen LogP contribution in [0.4, 0.5) is 0 Å². The quantitative estimate of drug-likeness (QED) is 0.600. The molecule has 1 fully saturated rings. The van der Waals surface area contributed by atoms with Crippen LogP contribution < -0.4 is 0 Å². The zero-order valence-electron chi connectivity index (χ0n) is 18.5. The Morgan fingerprint density at radius 3 is 2.65 bits per heavy atom. The normalized spacial score (nSPS) is 15.2. The van der Waals surface area contributed by atoms with E-state index in [1.54, 1.807) is 4.90 Å². The summed E-state index contributed by atoms with van der Waals surface area (Å²) in [6.07, 6.45) is 1.76. The topological polar surface area (TPSA) is 62.5 Å². The van der Waals surface area contributed by atoms with E-state index in [2.05, 4.69) is 46.2 Å². The van der Waals surface area contributed by atoms with E-state index in [1.807, 2.05) is 38.2 Å². The Balaban J connectivity index is 1.30. The van der Waals surface area contributed by atoms with E-state index in [1.165, 1.54) is 11.1 Å². The first kappa shape index (κ1) is 21.2. The SMILES string of the molecule is Cc1cccc(-c2noc(CN(C)C(=O)C3CCN(Cc4ccccc4C)CC3)n2)c1. The lowest BCUT2D eigenvalue weighted by atomic mass is 9.94. The number of benzene rings is 2. The van der Waals surface area contributed by atoms with Gasteiger partial charge in [0.05, 0.1) is 6.54 Å². The van der Waals surface area contributed by atoms with E-state index in [0.717, 1.165) is 43.6 Å². The Kier molecular flexibility index (Phi) is 6.47. The van der Waals surface area contributed by atoms with Crippen LogP contribution in [0, 0.1) is 19.8 Å². The van der Waals surface area contributed by atoms with E-state index in [9.17, 15) is 4.79 Å². The molecule has 6 nitrogen and oxygen atoms in total. The van der Waals surface area contributed by atoms with E-state index in [-0.39, 0.29) is 11.8 Å². The average molecular weight is 419 g/mol. The molecule has 0 saturated carbocycles. The highest BCUT2D eigenvalue weighted by atomic mass is 16.5. The number of carbonyl (C=O) groups is 1. The van der Waals surface area contributed by atoms with Crippen molar-refractivity contribution in [1.29, 1.82) is 0 Å². The maximum Gasteiger partial charge on any atom is 0.246 e. The summed E-state index contributed by atoms with van der Waals surface area (Å²) in [5.41, 5.74) is 4.75. The molecular weight excluding hydrogens is 388 g/mol. The van der Waals surface area contributed by atoms with Crippen LogP contribution in [0.5, 0.6) is 0 Å². The van der Waals surface area contributed by atoms with Gasteiger partial charge in [-0.3, -0.25) is 9.69 Å². The average Bonchev–Trinajstić information content (AvgIpc) is 3.24. The number of amides is 1. The van der Waals surface area contributed by atoms with Gasteiger partial charge in [-0.05, 0) is 57.0 Å². The second-order valence-corrected chi connectivity index (χ2v) is 8.55. The Hall–Kier alpha value is -2.99. The fraction of sp³-hybridized carbons (Fsp3) is 0.400. The Morgan fingerprint density at radius 2 is 1.90 bits per heavy atom. The lowest BCUT2D eigenvalue weighted by Crippen LogP contribution is -2.40. The summed E-state index contributed by atoms with van der Waals surface area (Å²) in [7, 11) is 1.82. The number of hydrogen-bond donors (Lipinski definition) is 0. The van der Waals surface area contributed by atoms with Crippen molar-refractivity contribution in [3.8, 4) is 11.4 Å². The predicted octanol–water partition coefficient (Wildman–Crippen LogP) is 4.22. The smallest absolute Gasteiger partial charge is 0.246 e. The molecule has 1 aliphatic heterocycles. The van der Waals surface area contributed by atoms with Crippen LogP contribution in [0.1, 0.15) is 35.4 Å². The van der Waals surface area contributed by atoms with Gasteiger partial charge >= 0.3 is 0 Å². The number of aryl methyl sites for hydroxylation is 2. The fourth-order valence-corrected chi connectivity index (χ4v) is 4.18. The van der Waals surface area contributed by atoms with Gasteiger partial charge in [0.1, 0.15) is 0 Å². The molecule has 2 aromatic carbocycles. The van der Waals surface area contributed by atoms with Crippen LogP contribution in [0.15, 0.2) is 53.1 Å². The molecule has 1 aliphatic rings.